The number of carbonyl (C=O) groups is 2. The van der Waals surface area contributed by atoms with Gasteiger partial charge in [0.05, 0.1) is 6.26 Å². The minimum absolute atomic E-state index is 0.102. The van der Waals surface area contributed by atoms with Gasteiger partial charge in [-0.3, -0.25) is 4.79 Å². The molecule has 0 radical (unpaired) electrons. The number of rotatable bonds is 7. The van der Waals surface area contributed by atoms with Crippen LogP contribution in [0.1, 0.15) is 30.0 Å². The van der Waals surface area contributed by atoms with E-state index in [2.05, 4.69) is 5.32 Å². The monoisotopic (exact) mass is 347 g/mol. The first-order valence-corrected chi connectivity index (χ1v) is 8.87. The minimum atomic E-state index is -0.729. The molecule has 2 aromatic rings. The lowest BCUT2D eigenvalue weighted by molar-refractivity contribution is -0.148. The fourth-order valence-corrected chi connectivity index (χ4v) is 2.49. The van der Waals surface area contributed by atoms with Crippen LogP contribution in [0.15, 0.2) is 52.0 Å². The molecule has 1 amide bonds. The number of thioether (sulfide) groups is 1. The van der Waals surface area contributed by atoms with Crippen molar-refractivity contribution in [3.63, 3.8) is 0 Å². The second-order valence-electron chi connectivity index (χ2n) is 5.63. The van der Waals surface area contributed by atoms with Crippen LogP contribution >= 0.6 is 11.8 Å². The van der Waals surface area contributed by atoms with E-state index in [4.69, 9.17) is 9.15 Å². The van der Waals surface area contributed by atoms with Crippen LogP contribution in [0, 0.1) is 5.92 Å². The Labute approximate surface area is 145 Å². The third kappa shape index (κ3) is 4.89. The number of hydrogen-bond acceptors (Lipinski definition) is 5. The van der Waals surface area contributed by atoms with Gasteiger partial charge in [-0.15, -0.1) is 11.8 Å². The Hall–Kier alpha value is -2.21. The zero-order chi connectivity index (χ0) is 17.5. The summed E-state index contributed by atoms with van der Waals surface area (Å²) in [6.07, 6.45) is 3.42. The van der Waals surface area contributed by atoms with Gasteiger partial charge in [-0.05, 0) is 42.0 Å². The first-order valence-electron chi connectivity index (χ1n) is 7.65. The second-order valence-corrected chi connectivity index (χ2v) is 6.51. The zero-order valence-corrected chi connectivity index (χ0v) is 14.8. The molecule has 0 unspecified atom stereocenters. The SMILES string of the molecule is CSc1ccc(COC(=O)[C@@H](NC(=O)c2ccco2)C(C)C)cc1. The van der Waals surface area contributed by atoms with E-state index in [1.54, 1.807) is 23.9 Å². The van der Waals surface area contributed by atoms with E-state index in [-0.39, 0.29) is 18.3 Å². The molecule has 0 bridgehead atoms. The Morgan fingerprint density at radius 1 is 1.21 bits per heavy atom. The van der Waals surface area contributed by atoms with Gasteiger partial charge in [-0.2, -0.15) is 0 Å². The number of nitrogens with one attached hydrogen (secondary N) is 1. The standard InChI is InChI=1S/C18H21NO4S/c1-12(2)16(19-17(20)15-5-4-10-22-15)18(21)23-11-13-6-8-14(24-3)9-7-13/h4-10,12,16H,11H2,1-3H3,(H,19,20)/t16-/m0/s1. The molecule has 1 heterocycles. The summed E-state index contributed by atoms with van der Waals surface area (Å²) in [5.74, 6) is -0.824. The van der Waals surface area contributed by atoms with Gasteiger partial charge in [0.15, 0.2) is 5.76 Å². The number of benzene rings is 1. The van der Waals surface area contributed by atoms with Crippen LogP contribution in [0.25, 0.3) is 0 Å². The van der Waals surface area contributed by atoms with Crippen molar-refractivity contribution in [3.8, 4) is 0 Å². The van der Waals surface area contributed by atoms with Crippen molar-refractivity contribution in [3.05, 3.63) is 54.0 Å². The lowest BCUT2D eigenvalue weighted by atomic mass is 10.0. The highest BCUT2D eigenvalue weighted by atomic mass is 32.2. The maximum absolute atomic E-state index is 12.3. The largest absolute Gasteiger partial charge is 0.459 e. The van der Waals surface area contributed by atoms with E-state index in [9.17, 15) is 9.59 Å². The fourth-order valence-electron chi connectivity index (χ4n) is 2.08. The third-order valence-electron chi connectivity index (χ3n) is 3.49. The Morgan fingerprint density at radius 3 is 2.46 bits per heavy atom. The lowest BCUT2D eigenvalue weighted by Crippen LogP contribution is -2.45. The highest BCUT2D eigenvalue weighted by Crippen LogP contribution is 2.16. The molecule has 2 rings (SSSR count). The molecule has 0 aliphatic rings. The summed E-state index contributed by atoms with van der Waals surface area (Å²) >= 11 is 1.65. The molecular weight excluding hydrogens is 326 g/mol. The van der Waals surface area contributed by atoms with Crippen LogP contribution in [-0.2, 0) is 16.1 Å². The average molecular weight is 347 g/mol. The maximum Gasteiger partial charge on any atom is 0.329 e. The van der Waals surface area contributed by atoms with Gasteiger partial charge in [0.25, 0.3) is 5.91 Å². The molecule has 6 heteroatoms. The van der Waals surface area contributed by atoms with E-state index in [1.165, 1.54) is 6.26 Å². The van der Waals surface area contributed by atoms with E-state index in [1.807, 2.05) is 44.4 Å². The molecule has 0 saturated carbocycles. The highest BCUT2D eigenvalue weighted by Gasteiger charge is 2.27. The molecule has 1 N–H and O–H groups in total. The van der Waals surface area contributed by atoms with Gasteiger partial charge in [0, 0.05) is 4.90 Å². The number of esters is 1. The number of carbonyl (C=O) groups excluding carboxylic acids is 2. The summed E-state index contributed by atoms with van der Waals surface area (Å²) in [5.41, 5.74) is 0.904. The van der Waals surface area contributed by atoms with Crippen molar-refractivity contribution in [1.82, 2.24) is 5.32 Å². The molecule has 0 saturated heterocycles. The Morgan fingerprint density at radius 2 is 1.92 bits per heavy atom. The second kappa shape index (κ2) is 8.59. The minimum Gasteiger partial charge on any atom is -0.459 e. The zero-order valence-electron chi connectivity index (χ0n) is 13.9. The van der Waals surface area contributed by atoms with Crippen molar-refractivity contribution < 1.29 is 18.7 Å². The van der Waals surface area contributed by atoms with Crippen LogP contribution in [0.4, 0.5) is 0 Å². The number of amides is 1. The third-order valence-corrected chi connectivity index (χ3v) is 4.24. The fraction of sp³-hybridized carbons (Fsp3) is 0.333. The molecule has 0 aliphatic carbocycles. The Bertz CT molecular complexity index is 665. The van der Waals surface area contributed by atoms with Crippen LogP contribution in [-0.4, -0.2) is 24.2 Å². The predicted octanol–water partition coefficient (Wildman–Crippen LogP) is 3.50. The van der Waals surface area contributed by atoms with Crippen molar-refractivity contribution in [2.45, 2.75) is 31.4 Å². The molecule has 1 aromatic heterocycles. The van der Waals surface area contributed by atoms with Gasteiger partial charge in [0.1, 0.15) is 12.6 Å². The highest BCUT2D eigenvalue weighted by molar-refractivity contribution is 7.98. The van der Waals surface area contributed by atoms with Crippen LogP contribution in [0.3, 0.4) is 0 Å². The molecule has 0 spiro atoms. The quantitative estimate of drug-likeness (QED) is 0.613. The Kier molecular flexibility index (Phi) is 6.49. The molecule has 1 atom stereocenters. The van der Waals surface area contributed by atoms with Crippen molar-refractivity contribution in [2.75, 3.05) is 6.26 Å². The topological polar surface area (TPSA) is 68.5 Å². The van der Waals surface area contributed by atoms with E-state index >= 15 is 0 Å². The molecule has 128 valence electrons. The number of furan rings is 1. The van der Waals surface area contributed by atoms with E-state index in [0.717, 1.165) is 10.5 Å². The van der Waals surface area contributed by atoms with Gasteiger partial charge in [0.2, 0.25) is 0 Å². The number of ether oxygens (including phenoxy) is 1. The van der Waals surface area contributed by atoms with Crippen LogP contribution in [0.5, 0.6) is 0 Å². The summed E-state index contributed by atoms with van der Waals surface area (Å²) in [7, 11) is 0. The Balaban J connectivity index is 1.94. The first kappa shape index (κ1) is 18.1. The molecule has 1 aromatic carbocycles. The van der Waals surface area contributed by atoms with E-state index in [0.29, 0.717) is 0 Å². The average Bonchev–Trinajstić information content (AvgIpc) is 3.12. The van der Waals surface area contributed by atoms with Crippen molar-refractivity contribution >= 4 is 23.6 Å². The summed E-state index contributed by atoms with van der Waals surface area (Å²) in [6.45, 7) is 3.87. The maximum atomic E-state index is 12.3. The van der Waals surface area contributed by atoms with Gasteiger partial charge >= 0.3 is 5.97 Å². The van der Waals surface area contributed by atoms with E-state index < -0.39 is 17.9 Å². The smallest absolute Gasteiger partial charge is 0.329 e. The van der Waals surface area contributed by atoms with Gasteiger partial charge in [-0.1, -0.05) is 26.0 Å². The first-order chi connectivity index (χ1) is 11.5. The van der Waals surface area contributed by atoms with Gasteiger partial charge < -0.3 is 14.5 Å². The normalized spacial score (nSPS) is 12.0. The molecule has 5 nitrogen and oxygen atoms in total. The van der Waals surface area contributed by atoms with Gasteiger partial charge in [-0.25, -0.2) is 4.79 Å². The molecule has 0 aliphatic heterocycles. The molecule has 24 heavy (non-hydrogen) atoms. The van der Waals surface area contributed by atoms with Crippen LogP contribution in [0.2, 0.25) is 0 Å². The van der Waals surface area contributed by atoms with Crippen molar-refractivity contribution in [1.29, 1.82) is 0 Å². The summed E-state index contributed by atoms with van der Waals surface area (Å²) < 4.78 is 10.4. The van der Waals surface area contributed by atoms with Crippen molar-refractivity contribution in [2.24, 2.45) is 5.92 Å². The molecule has 0 fully saturated rings. The summed E-state index contributed by atoms with van der Waals surface area (Å²) in [5, 5.41) is 2.66. The van der Waals surface area contributed by atoms with Crippen LogP contribution < -0.4 is 5.32 Å². The summed E-state index contributed by atoms with van der Waals surface area (Å²) in [6, 6.07) is 10.2. The number of hydrogen-bond donors (Lipinski definition) is 1. The lowest BCUT2D eigenvalue weighted by Gasteiger charge is -2.20. The predicted molar refractivity (Wildman–Crippen MR) is 92.8 cm³/mol. The molecular formula is C18H21NO4S. The summed E-state index contributed by atoms with van der Waals surface area (Å²) in [4.78, 5) is 25.5.